The third kappa shape index (κ3) is 2.87. The number of hydrazine groups is 2. The Balaban J connectivity index is 1.67. The number of hydrogen-bond acceptors (Lipinski definition) is 6. The third-order valence-electron chi connectivity index (χ3n) is 3.85. The molecule has 0 bridgehead atoms. The number of hydrogen-bond donors (Lipinski definition) is 4. The van der Waals surface area contributed by atoms with Gasteiger partial charge in [0.1, 0.15) is 11.8 Å². The van der Waals surface area contributed by atoms with Gasteiger partial charge in [-0.15, -0.1) is 0 Å². The minimum absolute atomic E-state index is 0.0913. The Morgan fingerprint density at radius 1 is 1.27 bits per heavy atom. The number of aryl methyl sites for hydroxylation is 2. The minimum Gasteiger partial charge on any atom is -0.361 e. The number of amides is 1. The van der Waals surface area contributed by atoms with Gasteiger partial charge in [0.15, 0.2) is 0 Å². The molecule has 1 aliphatic rings. The van der Waals surface area contributed by atoms with Crippen LogP contribution in [0.4, 0.5) is 0 Å². The largest absolute Gasteiger partial charge is 0.361 e. The van der Waals surface area contributed by atoms with Gasteiger partial charge in [0.2, 0.25) is 5.91 Å². The van der Waals surface area contributed by atoms with Crippen LogP contribution in [0.15, 0.2) is 34.9 Å². The topological polar surface area (TPSA) is 91.2 Å². The van der Waals surface area contributed by atoms with Crippen molar-refractivity contribution in [2.75, 3.05) is 0 Å². The van der Waals surface area contributed by atoms with Gasteiger partial charge in [0.25, 0.3) is 0 Å². The van der Waals surface area contributed by atoms with Crippen LogP contribution in [0.5, 0.6) is 0 Å². The molecule has 7 nitrogen and oxygen atoms in total. The van der Waals surface area contributed by atoms with Crippen LogP contribution < -0.4 is 21.7 Å². The standard InChI is InChI=1S/C15H19N5O2/c1-9-12(10(2)22-19-9)8-16-15(21)14-13(17-20-18-14)11-6-4-3-5-7-11/h3-7,13-14,17-18,20H,8H2,1-2H3,(H,16,21). The van der Waals surface area contributed by atoms with E-state index in [1.807, 2.05) is 44.2 Å². The average molecular weight is 301 g/mol. The average Bonchev–Trinajstić information content (AvgIpc) is 3.14. The number of carbonyl (C=O) groups excluding carboxylic acids is 1. The lowest BCUT2D eigenvalue weighted by Gasteiger charge is -2.17. The fraction of sp³-hybridized carbons (Fsp3) is 0.333. The molecule has 1 amide bonds. The third-order valence-corrected chi connectivity index (χ3v) is 3.85. The predicted molar refractivity (Wildman–Crippen MR) is 80.2 cm³/mol. The number of rotatable bonds is 4. The maximum absolute atomic E-state index is 12.4. The predicted octanol–water partition coefficient (Wildman–Crippen LogP) is 0.630. The Bertz CT molecular complexity index is 636. The van der Waals surface area contributed by atoms with E-state index in [9.17, 15) is 4.79 Å². The summed E-state index contributed by atoms with van der Waals surface area (Å²) in [6, 6.07) is 9.30. The second kappa shape index (κ2) is 6.27. The van der Waals surface area contributed by atoms with Crippen molar-refractivity contribution in [3.8, 4) is 0 Å². The molecule has 0 aliphatic carbocycles. The molecule has 7 heteroatoms. The lowest BCUT2D eigenvalue weighted by Crippen LogP contribution is -2.44. The van der Waals surface area contributed by atoms with Gasteiger partial charge < -0.3 is 9.84 Å². The summed E-state index contributed by atoms with van der Waals surface area (Å²) in [7, 11) is 0. The first kappa shape index (κ1) is 14.7. The van der Waals surface area contributed by atoms with Gasteiger partial charge in [-0.05, 0) is 19.4 Å². The highest BCUT2D eigenvalue weighted by Gasteiger charge is 2.33. The van der Waals surface area contributed by atoms with E-state index in [-0.39, 0.29) is 11.9 Å². The molecule has 0 radical (unpaired) electrons. The molecule has 2 aromatic rings. The van der Waals surface area contributed by atoms with Gasteiger partial charge in [-0.2, -0.15) is 5.53 Å². The molecule has 1 aromatic heterocycles. The van der Waals surface area contributed by atoms with E-state index in [4.69, 9.17) is 4.52 Å². The van der Waals surface area contributed by atoms with E-state index in [2.05, 4.69) is 26.9 Å². The van der Waals surface area contributed by atoms with E-state index < -0.39 is 6.04 Å². The van der Waals surface area contributed by atoms with Crippen LogP contribution in [-0.4, -0.2) is 17.1 Å². The van der Waals surface area contributed by atoms with E-state index in [0.29, 0.717) is 6.54 Å². The molecule has 2 heterocycles. The van der Waals surface area contributed by atoms with E-state index in [0.717, 1.165) is 22.6 Å². The van der Waals surface area contributed by atoms with E-state index in [1.54, 1.807) is 0 Å². The minimum atomic E-state index is -0.400. The summed E-state index contributed by atoms with van der Waals surface area (Å²) in [5.41, 5.74) is 11.6. The van der Waals surface area contributed by atoms with Crippen molar-refractivity contribution < 1.29 is 9.32 Å². The van der Waals surface area contributed by atoms with Crippen molar-refractivity contribution in [3.63, 3.8) is 0 Å². The fourth-order valence-electron chi connectivity index (χ4n) is 2.56. The zero-order valence-electron chi connectivity index (χ0n) is 12.5. The van der Waals surface area contributed by atoms with Crippen molar-refractivity contribution in [2.45, 2.75) is 32.5 Å². The highest BCUT2D eigenvalue weighted by Crippen LogP contribution is 2.19. The quantitative estimate of drug-likeness (QED) is 0.662. The highest BCUT2D eigenvalue weighted by molar-refractivity contribution is 5.83. The summed E-state index contributed by atoms with van der Waals surface area (Å²) in [5.74, 6) is 0.638. The summed E-state index contributed by atoms with van der Waals surface area (Å²) in [4.78, 5) is 12.4. The molecule has 1 aromatic carbocycles. The Hall–Kier alpha value is -2.22. The molecule has 0 saturated carbocycles. The fourth-order valence-corrected chi connectivity index (χ4v) is 2.56. The Morgan fingerprint density at radius 3 is 2.73 bits per heavy atom. The van der Waals surface area contributed by atoms with Gasteiger partial charge >= 0.3 is 0 Å². The van der Waals surface area contributed by atoms with Crippen molar-refractivity contribution in [1.82, 2.24) is 26.9 Å². The van der Waals surface area contributed by atoms with E-state index >= 15 is 0 Å². The van der Waals surface area contributed by atoms with Crippen molar-refractivity contribution >= 4 is 5.91 Å². The molecule has 4 N–H and O–H groups in total. The monoisotopic (exact) mass is 301 g/mol. The second-order valence-corrected chi connectivity index (χ2v) is 5.30. The summed E-state index contributed by atoms with van der Waals surface area (Å²) >= 11 is 0. The maximum Gasteiger partial charge on any atom is 0.240 e. The Labute approximate surface area is 128 Å². The van der Waals surface area contributed by atoms with Crippen LogP contribution >= 0.6 is 0 Å². The van der Waals surface area contributed by atoms with Crippen molar-refractivity contribution in [1.29, 1.82) is 0 Å². The van der Waals surface area contributed by atoms with Gasteiger partial charge in [-0.1, -0.05) is 35.5 Å². The van der Waals surface area contributed by atoms with Crippen LogP contribution in [0, 0.1) is 13.8 Å². The molecule has 2 atom stereocenters. The number of benzene rings is 1. The van der Waals surface area contributed by atoms with E-state index in [1.165, 1.54) is 0 Å². The molecular formula is C15H19N5O2. The Kier molecular flexibility index (Phi) is 4.19. The first-order valence-corrected chi connectivity index (χ1v) is 7.17. The van der Waals surface area contributed by atoms with Gasteiger partial charge in [0, 0.05) is 12.1 Å². The Morgan fingerprint density at radius 2 is 2.05 bits per heavy atom. The summed E-state index contributed by atoms with van der Waals surface area (Å²) in [5, 5.41) is 6.81. The van der Waals surface area contributed by atoms with Crippen LogP contribution in [0.3, 0.4) is 0 Å². The van der Waals surface area contributed by atoms with Crippen molar-refractivity contribution in [2.24, 2.45) is 0 Å². The first-order valence-electron chi connectivity index (χ1n) is 7.17. The summed E-state index contributed by atoms with van der Waals surface area (Å²) in [6.45, 7) is 4.10. The van der Waals surface area contributed by atoms with Gasteiger partial charge in [0.05, 0.1) is 11.7 Å². The normalized spacial score (nSPS) is 21.0. The lowest BCUT2D eigenvalue weighted by molar-refractivity contribution is -0.123. The number of aromatic nitrogens is 1. The van der Waals surface area contributed by atoms with Crippen LogP contribution in [0.25, 0.3) is 0 Å². The molecule has 0 spiro atoms. The zero-order valence-corrected chi connectivity index (χ0v) is 12.5. The number of nitrogens with one attached hydrogen (secondary N) is 4. The molecular weight excluding hydrogens is 282 g/mol. The molecule has 116 valence electrons. The first-order chi connectivity index (χ1) is 10.7. The summed E-state index contributed by atoms with van der Waals surface area (Å²) in [6.07, 6.45) is 0. The van der Waals surface area contributed by atoms with Gasteiger partial charge in [-0.25, -0.2) is 10.9 Å². The molecule has 22 heavy (non-hydrogen) atoms. The SMILES string of the molecule is Cc1noc(C)c1CNC(=O)C1NNNC1c1ccccc1. The molecule has 3 rings (SSSR count). The van der Waals surface area contributed by atoms with Gasteiger partial charge in [-0.3, -0.25) is 4.79 Å². The van der Waals surface area contributed by atoms with Crippen LogP contribution in [0.1, 0.15) is 28.6 Å². The molecule has 2 unspecified atom stereocenters. The smallest absolute Gasteiger partial charge is 0.240 e. The second-order valence-electron chi connectivity index (χ2n) is 5.30. The summed E-state index contributed by atoms with van der Waals surface area (Å²) < 4.78 is 5.10. The zero-order chi connectivity index (χ0) is 15.5. The maximum atomic E-state index is 12.4. The number of nitrogens with zero attached hydrogens (tertiary/aromatic N) is 1. The molecule has 1 fully saturated rings. The van der Waals surface area contributed by atoms with Crippen LogP contribution in [-0.2, 0) is 11.3 Å². The van der Waals surface area contributed by atoms with Crippen molar-refractivity contribution in [3.05, 3.63) is 52.9 Å². The van der Waals surface area contributed by atoms with Crippen LogP contribution in [0.2, 0.25) is 0 Å². The lowest BCUT2D eigenvalue weighted by atomic mass is 10.0. The number of carbonyl (C=O) groups is 1. The molecule has 1 aliphatic heterocycles. The highest BCUT2D eigenvalue weighted by atomic mass is 16.5. The molecule has 1 saturated heterocycles.